The first kappa shape index (κ1) is 14.1. The largest absolute Gasteiger partial charge is 0.362 e. The summed E-state index contributed by atoms with van der Waals surface area (Å²) >= 11 is 1.91. The Labute approximate surface area is 117 Å². The van der Waals surface area contributed by atoms with Crippen LogP contribution in [0.4, 0.5) is 11.5 Å². The summed E-state index contributed by atoms with van der Waals surface area (Å²) in [6.45, 7) is 1.75. The van der Waals surface area contributed by atoms with Crippen molar-refractivity contribution < 1.29 is 4.92 Å². The molecular formula is C13H19N3O2S. The smallest absolute Gasteiger partial charge is 0.314 e. The highest BCUT2D eigenvalue weighted by Crippen LogP contribution is 2.31. The van der Waals surface area contributed by atoms with Gasteiger partial charge in [0.25, 0.3) is 0 Å². The van der Waals surface area contributed by atoms with Crippen LogP contribution < -0.4 is 5.32 Å². The molecule has 0 unspecified atom stereocenters. The van der Waals surface area contributed by atoms with E-state index in [2.05, 4.69) is 16.6 Å². The minimum atomic E-state index is -0.349. The monoisotopic (exact) mass is 281 g/mol. The fourth-order valence-electron chi connectivity index (χ4n) is 2.52. The first-order valence-electron chi connectivity index (χ1n) is 6.51. The zero-order valence-electron chi connectivity index (χ0n) is 11.3. The lowest BCUT2D eigenvalue weighted by atomic mass is 9.95. The number of rotatable bonds is 4. The highest BCUT2D eigenvalue weighted by Gasteiger charge is 2.24. The molecule has 19 heavy (non-hydrogen) atoms. The van der Waals surface area contributed by atoms with Crippen LogP contribution in [0.1, 0.15) is 31.2 Å². The summed E-state index contributed by atoms with van der Waals surface area (Å²) in [5.74, 6) is 0.414. The molecule has 0 bridgehead atoms. The van der Waals surface area contributed by atoms with Crippen molar-refractivity contribution in [2.75, 3.05) is 11.6 Å². The van der Waals surface area contributed by atoms with Crippen LogP contribution in [-0.4, -0.2) is 27.5 Å². The van der Waals surface area contributed by atoms with Gasteiger partial charge in [0, 0.05) is 23.1 Å². The summed E-state index contributed by atoms with van der Waals surface area (Å²) < 4.78 is 0. The summed E-state index contributed by atoms with van der Waals surface area (Å²) in [6.07, 6.45) is 8.21. The quantitative estimate of drug-likeness (QED) is 0.677. The van der Waals surface area contributed by atoms with Crippen LogP contribution in [0.2, 0.25) is 0 Å². The Morgan fingerprint density at radius 2 is 2.11 bits per heavy atom. The summed E-state index contributed by atoms with van der Waals surface area (Å²) in [5, 5.41) is 15.1. The highest BCUT2D eigenvalue weighted by atomic mass is 32.2. The lowest BCUT2D eigenvalue weighted by Gasteiger charge is -2.28. The van der Waals surface area contributed by atoms with Crippen molar-refractivity contribution >= 4 is 23.3 Å². The maximum absolute atomic E-state index is 11.1. The third-order valence-corrected chi connectivity index (χ3v) is 4.80. The van der Waals surface area contributed by atoms with E-state index in [0.29, 0.717) is 17.4 Å². The fraction of sp³-hybridized carbons (Fsp3) is 0.615. The molecule has 0 spiro atoms. The van der Waals surface area contributed by atoms with Gasteiger partial charge in [-0.15, -0.1) is 0 Å². The molecule has 0 radical (unpaired) electrons. The van der Waals surface area contributed by atoms with Gasteiger partial charge in [-0.2, -0.15) is 11.8 Å². The second-order valence-electron chi connectivity index (χ2n) is 4.94. The third kappa shape index (κ3) is 3.37. The van der Waals surface area contributed by atoms with E-state index in [-0.39, 0.29) is 10.6 Å². The number of thioether (sulfide) groups is 1. The minimum Gasteiger partial charge on any atom is -0.362 e. The molecule has 0 amide bonds. The SMILES string of the molecule is CSC1CCC(Nc2nccc(C)c2[N+](=O)[O-])CC1. The van der Waals surface area contributed by atoms with Gasteiger partial charge in [-0.3, -0.25) is 10.1 Å². The Bertz CT molecular complexity index is 459. The zero-order valence-corrected chi connectivity index (χ0v) is 12.1. The molecule has 1 N–H and O–H groups in total. The van der Waals surface area contributed by atoms with Crippen molar-refractivity contribution in [1.82, 2.24) is 4.98 Å². The van der Waals surface area contributed by atoms with Gasteiger partial charge in [-0.05, 0) is 44.9 Å². The van der Waals surface area contributed by atoms with E-state index in [1.165, 1.54) is 12.8 Å². The van der Waals surface area contributed by atoms with Crippen molar-refractivity contribution in [3.05, 3.63) is 27.9 Å². The number of nitrogens with one attached hydrogen (secondary N) is 1. The van der Waals surface area contributed by atoms with Crippen molar-refractivity contribution in [3.63, 3.8) is 0 Å². The summed E-state index contributed by atoms with van der Waals surface area (Å²) in [6, 6.07) is 1.98. The van der Waals surface area contributed by atoms with Gasteiger partial charge in [-0.25, -0.2) is 4.98 Å². The van der Waals surface area contributed by atoms with Gasteiger partial charge in [0.1, 0.15) is 0 Å². The second kappa shape index (κ2) is 6.23. The van der Waals surface area contributed by atoms with Crippen LogP contribution in [0.3, 0.4) is 0 Å². The van der Waals surface area contributed by atoms with Crippen LogP contribution in [0.15, 0.2) is 12.3 Å². The molecule has 104 valence electrons. The van der Waals surface area contributed by atoms with Crippen molar-refractivity contribution in [1.29, 1.82) is 0 Å². The van der Waals surface area contributed by atoms with E-state index in [4.69, 9.17) is 0 Å². The van der Waals surface area contributed by atoms with E-state index in [1.54, 1.807) is 19.2 Å². The van der Waals surface area contributed by atoms with Crippen LogP contribution >= 0.6 is 11.8 Å². The summed E-state index contributed by atoms with van der Waals surface area (Å²) in [7, 11) is 0. The van der Waals surface area contributed by atoms with Crippen molar-refractivity contribution in [3.8, 4) is 0 Å². The predicted molar refractivity (Wildman–Crippen MR) is 78.8 cm³/mol. The number of nitro groups is 1. The van der Waals surface area contributed by atoms with Crippen LogP contribution in [0.25, 0.3) is 0 Å². The Kier molecular flexibility index (Phi) is 4.63. The maximum Gasteiger partial charge on any atom is 0.314 e. The Morgan fingerprint density at radius 3 is 2.68 bits per heavy atom. The maximum atomic E-state index is 11.1. The molecule has 1 heterocycles. The Morgan fingerprint density at radius 1 is 1.42 bits per heavy atom. The molecule has 1 aliphatic rings. The molecule has 1 aliphatic carbocycles. The van der Waals surface area contributed by atoms with Gasteiger partial charge < -0.3 is 5.32 Å². The molecule has 1 saturated carbocycles. The Balaban J connectivity index is 2.08. The summed E-state index contributed by atoms with van der Waals surface area (Å²) in [5.41, 5.74) is 0.759. The normalized spacial score (nSPS) is 23.1. The average molecular weight is 281 g/mol. The predicted octanol–water partition coefficient (Wildman–Crippen LogP) is 3.38. The third-order valence-electron chi connectivity index (χ3n) is 3.66. The molecule has 5 nitrogen and oxygen atoms in total. The number of hydrogen-bond donors (Lipinski definition) is 1. The van der Waals surface area contributed by atoms with Gasteiger partial charge in [0.15, 0.2) is 0 Å². The molecule has 0 aromatic carbocycles. The lowest BCUT2D eigenvalue weighted by molar-refractivity contribution is -0.384. The van der Waals surface area contributed by atoms with E-state index in [0.717, 1.165) is 18.1 Å². The van der Waals surface area contributed by atoms with Gasteiger partial charge in [-0.1, -0.05) is 0 Å². The van der Waals surface area contributed by atoms with E-state index >= 15 is 0 Å². The van der Waals surface area contributed by atoms with Gasteiger partial charge in [0.2, 0.25) is 5.82 Å². The number of anilines is 1. The fourth-order valence-corrected chi connectivity index (χ4v) is 3.27. The summed E-state index contributed by atoms with van der Waals surface area (Å²) in [4.78, 5) is 14.9. The number of nitrogens with zero attached hydrogens (tertiary/aromatic N) is 2. The Hall–Kier alpha value is -1.30. The zero-order chi connectivity index (χ0) is 13.8. The number of hydrogen-bond acceptors (Lipinski definition) is 5. The average Bonchev–Trinajstić information content (AvgIpc) is 2.39. The first-order chi connectivity index (χ1) is 9.11. The molecule has 0 saturated heterocycles. The van der Waals surface area contributed by atoms with Crippen LogP contribution in [-0.2, 0) is 0 Å². The molecule has 6 heteroatoms. The molecular weight excluding hydrogens is 262 g/mol. The molecule has 2 rings (SSSR count). The standard InChI is InChI=1S/C13H19N3O2S/c1-9-7-8-14-13(12(9)16(17)18)15-10-3-5-11(19-2)6-4-10/h7-8,10-11H,3-6H2,1-2H3,(H,14,15). The molecule has 1 fully saturated rings. The first-order valence-corrected chi connectivity index (χ1v) is 7.80. The minimum absolute atomic E-state index is 0.106. The van der Waals surface area contributed by atoms with Gasteiger partial charge >= 0.3 is 5.69 Å². The van der Waals surface area contributed by atoms with Crippen LogP contribution in [0.5, 0.6) is 0 Å². The van der Waals surface area contributed by atoms with Gasteiger partial charge in [0.05, 0.1) is 4.92 Å². The topological polar surface area (TPSA) is 68.1 Å². The molecule has 1 aromatic rings. The van der Waals surface area contributed by atoms with Crippen molar-refractivity contribution in [2.24, 2.45) is 0 Å². The van der Waals surface area contributed by atoms with Crippen LogP contribution in [0, 0.1) is 17.0 Å². The molecule has 0 atom stereocenters. The number of pyridine rings is 1. The van der Waals surface area contributed by atoms with E-state index < -0.39 is 0 Å². The lowest BCUT2D eigenvalue weighted by Crippen LogP contribution is -2.27. The molecule has 0 aliphatic heterocycles. The van der Waals surface area contributed by atoms with Crippen molar-refractivity contribution in [2.45, 2.75) is 43.9 Å². The number of aromatic nitrogens is 1. The van der Waals surface area contributed by atoms with E-state index in [1.807, 2.05) is 11.8 Å². The highest BCUT2D eigenvalue weighted by molar-refractivity contribution is 7.99. The number of aryl methyl sites for hydroxylation is 1. The second-order valence-corrected chi connectivity index (χ2v) is 6.07. The van der Waals surface area contributed by atoms with E-state index in [9.17, 15) is 10.1 Å². The molecule has 1 aromatic heterocycles.